The second-order valence-corrected chi connectivity index (χ2v) is 8.81. The van der Waals surface area contributed by atoms with E-state index < -0.39 is 5.92 Å². The first-order valence-electron chi connectivity index (χ1n) is 8.28. The standard InChI is InChI=1S/C18H22N4O2S2/c1-9(2)7-22-17(24)15-10(3)12(5)26-16(15)21-18(22)25-8-14(23)13(6-19)11(4)20/h9,13,20H,7-8H2,1-5H3/t13-/m1/s1. The molecule has 2 aromatic rings. The van der Waals surface area contributed by atoms with Crippen molar-refractivity contribution in [2.24, 2.45) is 11.8 Å². The van der Waals surface area contributed by atoms with E-state index in [0.29, 0.717) is 21.9 Å². The molecule has 0 aliphatic carbocycles. The summed E-state index contributed by atoms with van der Waals surface area (Å²) in [5.74, 6) is -1.12. The van der Waals surface area contributed by atoms with E-state index in [1.165, 1.54) is 18.3 Å². The summed E-state index contributed by atoms with van der Waals surface area (Å²) in [5, 5.41) is 17.8. The third-order valence-electron chi connectivity index (χ3n) is 4.03. The predicted octanol–water partition coefficient (Wildman–Crippen LogP) is 3.57. The minimum Gasteiger partial charge on any atom is -0.308 e. The molecule has 1 N–H and O–H groups in total. The summed E-state index contributed by atoms with van der Waals surface area (Å²) in [7, 11) is 0. The predicted molar refractivity (Wildman–Crippen MR) is 106 cm³/mol. The van der Waals surface area contributed by atoms with Gasteiger partial charge in [0, 0.05) is 17.1 Å². The minimum absolute atomic E-state index is 0.00777. The Balaban J connectivity index is 2.45. The molecule has 0 amide bonds. The molecular weight excluding hydrogens is 368 g/mol. The lowest BCUT2D eigenvalue weighted by Crippen LogP contribution is -2.26. The zero-order chi connectivity index (χ0) is 19.6. The summed E-state index contributed by atoms with van der Waals surface area (Å²) in [6.07, 6.45) is 0. The van der Waals surface area contributed by atoms with Gasteiger partial charge >= 0.3 is 0 Å². The number of thiophene rings is 1. The van der Waals surface area contributed by atoms with E-state index >= 15 is 0 Å². The largest absolute Gasteiger partial charge is 0.308 e. The summed E-state index contributed by atoms with van der Waals surface area (Å²) in [6, 6.07) is 1.86. The normalized spacial score (nSPS) is 12.3. The lowest BCUT2D eigenvalue weighted by Gasteiger charge is -2.14. The number of rotatable bonds is 7. The van der Waals surface area contributed by atoms with Crippen LogP contribution >= 0.6 is 23.1 Å². The summed E-state index contributed by atoms with van der Waals surface area (Å²) in [6.45, 7) is 9.90. The minimum atomic E-state index is -1.04. The third kappa shape index (κ3) is 4.05. The van der Waals surface area contributed by atoms with E-state index in [1.54, 1.807) is 4.57 Å². The average molecular weight is 391 g/mol. The molecule has 0 unspecified atom stereocenters. The molecule has 0 fully saturated rings. The lowest BCUT2D eigenvalue weighted by molar-refractivity contribution is -0.117. The molecule has 0 spiro atoms. The number of carbonyl (C=O) groups excluding carboxylic acids is 1. The van der Waals surface area contributed by atoms with Crippen molar-refractivity contribution in [2.75, 3.05) is 5.75 Å². The molecule has 0 bridgehead atoms. The highest BCUT2D eigenvalue weighted by atomic mass is 32.2. The Morgan fingerprint density at radius 1 is 1.42 bits per heavy atom. The highest BCUT2D eigenvalue weighted by Gasteiger charge is 2.22. The van der Waals surface area contributed by atoms with Crippen LogP contribution in [0.4, 0.5) is 0 Å². The molecular formula is C18H22N4O2S2. The maximum Gasteiger partial charge on any atom is 0.263 e. The Bertz CT molecular complexity index is 966. The van der Waals surface area contributed by atoms with Gasteiger partial charge in [0.25, 0.3) is 5.56 Å². The first-order valence-corrected chi connectivity index (χ1v) is 10.1. The van der Waals surface area contributed by atoms with Gasteiger partial charge in [-0.15, -0.1) is 11.3 Å². The van der Waals surface area contributed by atoms with Gasteiger partial charge in [-0.3, -0.25) is 14.2 Å². The first kappa shape index (κ1) is 20.3. The summed E-state index contributed by atoms with van der Waals surface area (Å²) in [4.78, 5) is 31.6. The SMILES string of the molecule is CC(=N)[C@@H](C#N)C(=O)CSc1nc2sc(C)c(C)c2c(=O)n1CC(C)C. The first-order chi connectivity index (χ1) is 12.2. The summed E-state index contributed by atoms with van der Waals surface area (Å²) in [5.41, 5.74) is 0.905. The van der Waals surface area contributed by atoms with Crippen molar-refractivity contribution >= 4 is 44.8 Å². The Kier molecular flexibility index (Phi) is 6.37. The second kappa shape index (κ2) is 8.14. The van der Waals surface area contributed by atoms with Crippen LogP contribution in [-0.2, 0) is 11.3 Å². The molecule has 0 radical (unpaired) electrons. The van der Waals surface area contributed by atoms with Crippen LogP contribution in [0, 0.1) is 42.4 Å². The molecule has 2 heterocycles. The monoisotopic (exact) mass is 390 g/mol. The van der Waals surface area contributed by atoms with Crippen LogP contribution in [0.25, 0.3) is 10.2 Å². The number of carbonyl (C=O) groups is 1. The van der Waals surface area contributed by atoms with Crippen LogP contribution < -0.4 is 5.56 Å². The van der Waals surface area contributed by atoms with Crippen molar-refractivity contribution in [2.45, 2.75) is 46.3 Å². The number of ketones is 1. The van der Waals surface area contributed by atoms with E-state index in [2.05, 4.69) is 4.98 Å². The maximum absolute atomic E-state index is 13.0. The van der Waals surface area contributed by atoms with Gasteiger partial charge in [-0.25, -0.2) is 4.98 Å². The molecule has 0 aliphatic heterocycles. The van der Waals surface area contributed by atoms with Crippen LogP contribution in [0.5, 0.6) is 0 Å². The number of hydrogen-bond donors (Lipinski definition) is 1. The molecule has 138 valence electrons. The number of thioether (sulfide) groups is 1. The molecule has 0 saturated carbocycles. The average Bonchev–Trinajstić information content (AvgIpc) is 2.83. The smallest absolute Gasteiger partial charge is 0.263 e. The topological polar surface area (TPSA) is 99.6 Å². The van der Waals surface area contributed by atoms with Crippen molar-refractivity contribution in [3.05, 3.63) is 20.8 Å². The number of nitriles is 1. The molecule has 2 aromatic heterocycles. The highest BCUT2D eigenvalue weighted by molar-refractivity contribution is 7.99. The number of hydrogen-bond acceptors (Lipinski definition) is 7. The molecule has 0 saturated heterocycles. The Morgan fingerprint density at radius 2 is 2.08 bits per heavy atom. The van der Waals surface area contributed by atoms with Crippen LogP contribution in [0.1, 0.15) is 31.2 Å². The fraction of sp³-hybridized carbons (Fsp3) is 0.500. The van der Waals surface area contributed by atoms with Crippen LogP contribution in [-0.4, -0.2) is 26.8 Å². The number of aromatic nitrogens is 2. The summed E-state index contributed by atoms with van der Waals surface area (Å²) >= 11 is 2.64. The molecule has 26 heavy (non-hydrogen) atoms. The van der Waals surface area contributed by atoms with Crippen molar-refractivity contribution in [1.82, 2.24) is 9.55 Å². The Labute approximate surface area is 160 Å². The van der Waals surface area contributed by atoms with Crippen molar-refractivity contribution in [3.8, 4) is 6.07 Å². The number of nitrogens with zero attached hydrogens (tertiary/aromatic N) is 3. The van der Waals surface area contributed by atoms with Gasteiger partial charge in [-0.05, 0) is 32.3 Å². The van der Waals surface area contributed by atoms with Crippen LogP contribution in [0.3, 0.4) is 0 Å². The van der Waals surface area contributed by atoms with E-state index in [0.717, 1.165) is 22.2 Å². The quantitative estimate of drug-likeness (QED) is 0.442. The van der Waals surface area contributed by atoms with Crippen LogP contribution in [0.2, 0.25) is 0 Å². The molecule has 2 rings (SSSR count). The zero-order valence-electron chi connectivity index (χ0n) is 15.5. The molecule has 1 atom stereocenters. The molecule has 0 aliphatic rings. The fourth-order valence-electron chi connectivity index (χ4n) is 2.57. The van der Waals surface area contributed by atoms with Gasteiger partial charge in [0.2, 0.25) is 0 Å². The lowest BCUT2D eigenvalue weighted by atomic mass is 10.0. The van der Waals surface area contributed by atoms with Gasteiger partial charge in [-0.2, -0.15) is 5.26 Å². The molecule has 6 nitrogen and oxygen atoms in total. The summed E-state index contributed by atoms with van der Waals surface area (Å²) < 4.78 is 1.63. The third-order valence-corrected chi connectivity index (χ3v) is 6.13. The molecule has 8 heteroatoms. The number of Topliss-reactive ketones (excluding diaryl/α,β-unsaturated/α-hetero) is 1. The van der Waals surface area contributed by atoms with Crippen LogP contribution in [0.15, 0.2) is 9.95 Å². The van der Waals surface area contributed by atoms with Gasteiger partial charge < -0.3 is 5.41 Å². The van der Waals surface area contributed by atoms with Gasteiger partial charge in [-0.1, -0.05) is 25.6 Å². The fourth-order valence-corrected chi connectivity index (χ4v) is 4.56. The number of aryl methyl sites for hydroxylation is 2. The highest BCUT2D eigenvalue weighted by Crippen LogP contribution is 2.28. The molecule has 0 aromatic carbocycles. The van der Waals surface area contributed by atoms with Crippen molar-refractivity contribution in [3.63, 3.8) is 0 Å². The van der Waals surface area contributed by atoms with Gasteiger partial charge in [0.05, 0.1) is 17.2 Å². The Hall–Kier alpha value is -1.98. The second-order valence-electron chi connectivity index (χ2n) is 6.67. The Morgan fingerprint density at radius 3 is 2.62 bits per heavy atom. The van der Waals surface area contributed by atoms with Gasteiger partial charge in [0.1, 0.15) is 10.7 Å². The number of nitrogens with one attached hydrogen (secondary N) is 1. The van der Waals surface area contributed by atoms with Crippen molar-refractivity contribution < 1.29 is 4.79 Å². The van der Waals surface area contributed by atoms with E-state index in [-0.39, 0.29) is 28.7 Å². The van der Waals surface area contributed by atoms with Gasteiger partial charge in [0.15, 0.2) is 10.9 Å². The van der Waals surface area contributed by atoms with E-state index in [9.17, 15) is 9.59 Å². The number of fused-ring (bicyclic) bond motifs is 1. The maximum atomic E-state index is 13.0. The zero-order valence-corrected chi connectivity index (χ0v) is 17.2. The van der Waals surface area contributed by atoms with E-state index in [4.69, 9.17) is 10.7 Å². The van der Waals surface area contributed by atoms with Crippen molar-refractivity contribution in [1.29, 1.82) is 10.7 Å². The van der Waals surface area contributed by atoms with E-state index in [1.807, 2.05) is 33.8 Å².